The fourth-order valence-electron chi connectivity index (χ4n) is 1.67. The van der Waals surface area contributed by atoms with E-state index < -0.39 is 0 Å². The van der Waals surface area contributed by atoms with E-state index in [1.165, 1.54) is 5.57 Å². The zero-order valence-electron chi connectivity index (χ0n) is 10.7. The molecule has 0 radical (unpaired) electrons. The predicted molar refractivity (Wildman–Crippen MR) is 74.3 cm³/mol. The van der Waals surface area contributed by atoms with Crippen LogP contribution >= 0.6 is 11.6 Å². The molecule has 1 aromatic heterocycles. The lowest BCUT2D eigenvalue weighted by Crippen LogP contribution is -2.23. The minimum atomic E-state index is 0.177. The van der Waals surface area contributed by atoms with Gasteiger partial charge in [-0.3, -0.25) is 4.98 Å². The summed E-state index contributed by atoms with van der Waals surface area (Å²) in [5.74, 6) is 0. The molecule has 1 heterocycles. The van der Waals surface area contributed by atoms with Crippen LogP contribution in [0.4, 0.5) is 0 Å². The summed E-state index contributed by atoms with van der Waals surface area (Å²) < 4.78 is 0. The molecule has 0 spiro atoms. The van der Waals surface area contributed by atoms with Crippen LogP contribution in [0.15, 0.2) is 30.5 Å². The second-order valence-electron chi connectivity index (χ2n) is 4.18. The van der Waals surface area contributed by atoms with E-state index in [0.717, 1.165) is 36.5 Å². The first-order chi connectivity index (χ1) is 8.19. The maximum atomic E-state index is 6.19. The number of nitrogens with one attached hydrogen (secondary N) is 1. The molecular weight excluding hydrogens is 232 g/mol. The van der Waals surface area contributed by atoms with Crippen molar-refractivity contribution < 1.29 is 0 Å². The van der Waals surface area contributed by atoms with Gasteiger partial charge >= 0.3 is 0 Å². The maximum Gasteiger partial charge on any atom is 0.0762 e. The first-order valence-electron chi connectivity index (χ1n) is 6.19. The molecule has 0 aromatic carbocycles. The summed E-state index contributed by atoms with van der Waals surface area (Å²) in [5, 5.41) is 4.21. The summed E-state index contributed by atoms with van der Waals surface area (Å²) in [6.07, 6.45) is 4.78. The average Bonchev–Trinajstić information content (AvgIpc) is 2.35. The highest BCUT2D eigenvalue weighted by Gasteiger charge is 2.15. The van der Waals surface area contributed by atoms with E-state index in [0.29, 0.717) is 0 Å². The monoisotopic (exact) mass is 252 g/mol. The van der Waals surface area contributed by atoms with Gasteiger partial charge in [0.25, 0.3) is 0 Å². The Balaban J connectivity index is 2.81. The molecule has 94 valence electrons. The summed E-state index contributed by atoms with van der Waals surface area (Å²) >= 11 is 6.19. The van der Waals surface area contributed by atoms with Crippen LogP contribution in [0, 0.1) is 0 Å². The molecule has 1 rings (SSSR count). The van der Waals surface area contributed by atoms with Gasteiger partial charge in [0.05, 0.1) is 16.8 Å². The molecule has 1 unspecified atom stereocenters. The standard InChI is InChI=1S/C14H21ClN2/c1-4-8-16-13(10-11(3)5-2)14-12(15)7-6-9-17-14/h6-7,9,13,16H,3-5,8,10H2,1-2H3. The van der Waals surface area contributed by atoms with Crippen molar-refractivity contribution in [2.75, 3.05) is 6.54 Å². The van der Waals surface area contributed by atoms with Crippen molar-refractivity contribution in [2.45, 2.75) is 39.2 Å². The largest absolute Gasteiger partial charge is 0.308 e. The van der Waals surface area contributed by atoms with Crippen LogP contribution in [-0.2, 0) is 0 Å². The summed E-state index contributed by atoms with van der Waals surface area (Å²) in [4.78, 5) is 4.38. The first kappa shape index (κ1) is 14.2. The highest BCUT2D eigenvalue weighted by atomic mass is 35.5. The Morgan fingerprint density at radius 2 is 2.29 bits per heavy atom. The van der Waals surface area contributed by atoms with Crippen molar-refractivity contribution >= 4 is 11.6 Å². The van der Waals surface area contributed by atoms with E-state index >= 15 is 0 Å². The number of rotatable bonds is 7. The summed E-state index contributed by atoms with van der Waals surface area (Å²) in [6.45, 7) is 9.31. The third-order valence-corrected chi connectivity index (χ3v) is 3.07. The molecule has 17 heavy (non-hydrogen) atoms. The lowest BCUT2D eigenvalue weighted by Gasteiger charge is -2.19. The van der Waals surface area contributed by atoms with E-state index in [1.54, 1.807) is 6.20 Å². The van der Waals surface area contributed by atoms with Gasteiger partial charge in [-0.1, -0.05) is 37.6 Å². The fraction of sp³-hybridized carbons (Fsp3) is 0.500. The van der Waals surface area contributed by atoms with E-state index in [4.69, 9.17) is 11.6 Å². The van der Waals surface area contributed by atoms with Gasteiger partial charge in [-0.15, -0.1) is 0 Å². The number of pyridine rings is 1. The van der Waals surface area contributed by atoms with Gasteiger partial charge in [0.15, 0.2) is 0 Å². The third kappa shape index (κ3) is 4.49. The SMILES string of the molecule is C=C(CC)CC(NCCC)c1ncccc1Cl. The van der Waals surface area contributed by atoms with Crippen LogP contribution in [0.5, 0.6) is 0 Å². The Morgan fingerprint density at radius 3 is 2.88 bits per heavy atom. The highest BCUT2D eigenvalue weighted by Crippen LogP contribution is 2.25. The topological polar surface area (TPSA) is 24.9 Å². The Hall–Kier alpha value is -0.860. The zero-order chi connectivity index (χ0) is 12.7. The van der Waals surface area contributed by atoms with E-state index in [9.17, 15) is 0 Å². The molecule has 1 atom stereocenters. The van der Waals surface area contributed by atoms with E-state index in [-0.39, 0.29) is 6.04 Å². The second-order valence-corrected chi connectivity index (χ2v) is 4.59. The van der Waals surface area contributed by atoms with Crippen LogP contribution in [0.1, 0.15) is 44.8 Å². The van der Waals surface area contributed by atoms with Crippen molar-refractivity contribution in [3.05, 3.63) is 41.2 Å². The van der Waals surface area contributed by atoms with Gasteiger partial charge in [0.1, 0.15) is 0 Å². The molecule has 0 fully saturated rings. The fourth-order valence-corrected chi connectivity index (χ4v) is 1.92. The van der Waals surface area contributed by atoms with Crippen LogP contribution in [0.2, 0.25) is 5.02 Å². The first-order valence-corrected chi connectivity index (χ1v) is 6.57. The molecule has 0 aliphatic rings. The smallest absolute Gasteiger partial charge is 0.0762 e. The number of aromatic nitrogens is 1. The molecule has 1 N–H and O–H groups in total. The lowest BCUT2D eigenvalue weighted by molar-refractivity contribution is 0.512. The van der Waals surface area contributed by atoms with E-state index in [1.807, 2.05) is 12.1 Å². The lowest BCUT2D eigenvalue weighted by atomic mass is 10.0. The van der Waals surface area contributed by atoms with Gasteiger partial charge < -0.3 is 5.32 Å². The molecule has 0 aliphatic heterocycles. The molecule has 0 bridgehead atoms. The van der Waals surface area contributed by atoms with Crippen molar-refractivity contribution in [3.63, 3.8) is 0 Å². The molecular formula is C14H21ClN2. The molecule has 1 aromatic rings. The van der Waals surface area contributed by atoms with Crippen molar-refractivity contribution in [1.82, 2.24) is 10.3 Å². The van der Waals surface area contributed by atoms with Crippen molar-refractivity contribution in [1.29, 1.82) is 0 Å². The number of hydrogen-bond acceptors (Lipinski definition) is 2. The molecule has 0 aliphatic carbocycles. The van der Waals surface area contributed by atoms with Gasteiger partial charge in [-0.05, 0) is 37.9 Å². The summed E-state index contributed by atoms with van der Waals surface area (Å²) in [7, 11) is 0. The van der Waals surface area contributed by atoms with Crippen LogP contribution in [-0.4, -0.2) is 11.5 Å². The number of hydrogen-bond donors (Lipinski definition) is 1. The molecule has 3 heteroatoms. The van der Waals surface area contributed by atoms with Gasteiger partial charge in [-0.25, -0.2) is 0 Å². The average molecular weight is 253 g/mol. The van der Waals surface area contributed by atoms with Gasteiger partial charge in [0, 0.05) is 6.20 Å². The van der Waals surface area contributed by atoms with Crippen molar-refractivity contribution in [2.24, 2.45) is 0 Å². The van der Waals surface area contributed by atoms with Crippen LogP contribution in [0.3, 0.4) is 0 Å². The van der Waals surface area contributed by atoms with Gasteiger partial charge in [-0.2, -0.15) is 0 Å². The minimum absolute atomic E-state index is 0.177. The zero-order valence-corrected chi connectivity index (χ0v) is 11.4. The molecule has 0 saturated carbocycles. The molecule has 2 nitrogen and oxygen atoms in total. The Morgan fingerprint density at radius 1 is 1.53 bits per heavy atom. The third-order valence-electron chi connectivity index (χ3n) is 2.75. The second kappa shape index (κ2) is 7.46. The molecule has 0 saturated heterocycles. The highest BCUT2D eigenvalue weighted by molar-refractivity contribution is 6.31. The number of nitrogens with zero attached hydrogens (tertiary/aromatic N) is 1. The predicted octanol–water partition coefficient (Wildman–Crippen LogP) is 4.13. The van der Waals surface area contributed by atoms with Crippen molar-refractivity contribution in [3.8, 4) is 0 Å². The van der Waals surface area contributed by atoms with Crippen LogP contribution < -0.4 is 5.32 Å². The van der Waals surface area contributed by atoms with E-state index in [2.05, 4.69) is 30.7 Å². The summed E-state index contributed by atoms with van der Waals surface area (Å²) in [5.41, 5.74) is 2.15. The summed E-state index contributed by atoms with van der Waals surface area (Å²) in [6, 6.07) is 3.92. The minimum Gasteiger partial charge on any atom is -0.308 e. The maximum absolute atomic E-state index is 6.19. The van der Waals surface area contributed by atoms with Gasteiger partial charge in [0.2, 0.25) is 0 Å². The Kier molecular flexibility index (Phi) is 6.23. The number of halogens is 1. The Bertz CT molecular complexity index is 363. The Labute approximate surface area is 109 Å². The van der Waals surface area contributed by atoms with Crippen LogP contribution in [0.25, 0.3) is 0 Å². The molecule has 0 amide bonds. The quantitative estimate of drug-likeness (QED) is 0.738. The normalized spacial score (nSPS) is 12.4.